The number of nitrogens with one attached hydrogen (secondary N) is 1. The number of rotatable bonds is 3. The quantitative estimate of drug-likeness (QED) is 0.929. The Hall–Kier alpha value is -1.92. The molecule has 3 heterocycles. The number of hydrogen-bond acceptors (Lipinski definition) is 3. The average Bonchev–Trinajstić information content (AvgIpc) is 3.19. The number of fused-ring (bicyclic) bond motifs is 1. The van der Waals surface area contributed by atoms with Gasteiger partial charge in [0.2, 0.25) is 0 Å². The van der Waals surface area contributed by atoms with Crippen molar-refractivity contribution in [2.75, 3.05) is 25.5 Å². The van der Waals surface area contributed by atoms with Crippen molar-refractivity contribution >= 4 is 22.2 Å². The maximum atomic E-state index is 14.3. The molecule has 0 saturated carbocycles. The van der Waals surface area contributed by atoms with Crippen LogP contribution in [0.2, 0.25) is 0 Å². The zero-order valence-electron chi connectivity index (χ0n) is 13.5. The molecule has 1 unspecified atom stereocenters. The molecule has 4 nitrogen and oxygen atoms in total. The molecular weight excluding hydrogens is 325 g/mol. The molecule has 1 saturated heterocycles. The van der Waals surface area contributed by atoms with Crippen molar-refractivity contribution in [1.29, 1.82) is 0 Å². The summed E-state index contributed by atoms with van der Waals surface area (Å²) in [6.45, 7) is 1.30. The van der Waals surface area contributed by atoms with E-state index in [0.29, 0.717) is 6.54 Å². The first-order valence-electron chi connectivity index (χ1n) is 8.12. The molecule has 0 bridgehead atoms. The van der Waals surface area contributed by atoms with Crippen LogP contribution in [0.5, 0.6) is 0 Å². The second-order valence-electron chi connectivity index (χ2n) is 6.39. The summed E-state index contributed by atoms with van der Waals surface area (Å²) in [7, 11) is 0.711. The highest BCUT2D eigenvalue weighted by Gasteiger charge is 2.30. The van der Waals surface area contributed by atoms with E-state index in [1.165, 1.54) is 0 Å². The maximum absolute atomic E-state index is 14.3. The molecule has 2 aliphatic rings. The minimum atomic E-state index is -1.22. The van der Waals surface area contributed by atoms with Gasteiger partial charge in [0.05, 0.1) is 33.1 Å². The van der Waals surface area contributed by atoms with Crippen LogP contribution in [0.1, 0.15) is 12.0 Å². The summed E-state index contributed by atoms with van der Waals surface area (Å²) in [6.07, 6.45) is 3.69. The van der Waals surface area contributed by atoms with Gasteiger partial charge in [0.1, 0.15) is 6.17 Å². The fourth-order valence-corrected chi connectivity index (χ4v) is 4.71. The molecule has 1 fully saturated rings. The SMILES string of the molecule is CN1CC[C@H](Nc2cccc3c2S(=O)C=C3n2cccc2)[C@H](F)C1. The highest BCUT2D eigenvalue weighted by atomic mass is 32.2. The molecule has 1 aromatic heterocycles. The van der Waals surface area contributed by atoms with E-state index >= 15 is 0 Å². The van der Waals surface area contributed by atoms with E-state index in [9.17, 15) is 8.60 Å². The molecular formula is C18H20FN3OS. The molecule has 126 valence electrons. The summed E-state index contributed by atoms with van der Waals surface area (Å²) < 4.78 is 28.9. The number of hydrogen-bond donors (Lipinski definition) is 1. The second kappa shape index (κ2) is 6.18. The lowest BCUT2D eigenvalue weighted by Gasteiger charge is -2.33. The van der Waals surface area contributed by atoms with Crippen LogP contribution in [0, 0.1) is 0 Å². The van der Waals surface area contributed by atoms with Gasteiger partial charge in [-0.3, -0.25) is 0 Å². The lowest BCUT2D eigenvalue weighted by atomic mass is 10.0. The molecule has 1 N–H and O–H groups in total. The van der Waals surface area contributed by atoms with Gasteiger partial charge in [-0.05, 0) is 31.7 Å². The zero-order valence-corrected chi connectivity index (χ0v) is 14.3. The summed E-state index contributed by atoms with van der Waals surface area (Å²) in [5.41, 5.74) is 2.64. The molecule has 2 aliphatic heterocycles. The maximum Gasteiger partial charge on any atom is 0.133 e. The topological polar surface area (TPSA) is 37.3 Å². The molecule has 3 atom stereocenters. The van der Waals surface area contributed by atoms with Crippen LogP contribution in [0.25, 0.3) is 5.70 Å². The van der Waals surface area contributed by atoms with E-state index in [2.05, 4.69) is 5.32 Å². The van der Waals surface area contributed by atoms with Crippen LogP contribution in [-0.2, 0) is 10.8 Å². The number of alkyl halides is 1. The largest absolute Gasteiger partial charge is 0.378 e. The number of likely N-dealkylation sites (tertiary alicyclic amines) is 1. The minimum Gasteiger partial charge on any atom is -0.378 e. The third-order valence-electron chi connectivity index (χ3n) is 4.68. The fraction of sp³-hybridized carbons (Fsp3) is 0.333. The van der Waals surface area contributed by atoms with Crippen LogP contribution in [0.4, 0.5) is 10.1 Å². The van der Waals surface area contributed by atoms with Gasteiger partial charge in [0.25, 0.3) is 0 Å². The first-order valence-corrected chi connectivity index (χ1v) is 9.33. The van der Waals surface area contributed by atoms with Crippen LogP contribution < -0.4 is 5.32 Å². The minimum absolute atomic E-state index is 0.236. The molecule has 1 aromatic carbocycles. The van der Waals surface area contributed by atoms with Gasteiger partial charge in [-0.15, -0.1) is 0 Å². The Bertz CT molecular complexity index is 803. The Morgan fingerprint density at radius 3 is 2.79 bits per heavy atom. The van der Waals surface area contributed by atoms with Crippen molar-refractivity contribution in [3.63, 3.8) is 0 Å². The number of aromatic nitrogens is 1. The highest BCUT2D eigenvalue weighted by Crippen LogP contribution is 2.37. The number of benzene rings is 1. The van der Waals surface area contributed by atoms with Gasteiger partial charge in [0, 0.05) is 36.5 Å². The number of anilines is 1. The number of halogens is 1. The lowest BCUT2D eigenvalue weighted by Crippen LogP contribution is -2.46. The Kier molecular flexibility index (Phi) is 4.02. The predicted molar refractivity (Wildman–Crippen MR) is 95.1 cm³/mol. The summed E-state index contributed by atoms with van der Waals surface area (Å²) in [5.74, 6) is 0. The monoisotopic (exact) mass is 345 g/mol. The van der Waals surface area contributed by atoms with Crippen molar-refractivity contribution < 1.29 is 8.60 Å². The van der Waals surface area contributed by atoms with Gasteiger partial charge in [0.15, 0.2) is 0 Å². The van der Waals surface area contributed by atoms with Gasteiger partial charge < -0.3 is 14.8 Å². The highest BCUT2D eigenvalue weighted by molar-refractivity contribution is 7.88. The molecule has 4 rings (SSSR count). The number of nitrogens with zero attached hydrogens (tertiary/aromatic N) is 2. The predicted octanol–water partition coefficient (Wildman–Crippen LogP) is 2.91. The molecule has 0 radical (unpaired) electrons. The van der Waals surface area contributed by atoms with Crippen molar-refractivity contribution in [3.05, 3.63) is 53.7 Å². The lowest BCUT2D eigenvalue weighted by molar-refractivity contribution is 0.149. The van der Waals surface area contributed by atoms with Crippen molar-refractivity contribution in [2.45, 2.75) is 23.5 Å². The first kappa shape index (κ1) is 15.6. The van der Waals surface area contributed by atoms with E-state index in [0.717, 1.165) is 34.8 Å². The summed E-state index contributed by atoms with van der Waals surface area (Å²) >= 11 is 0. The van der Waals surface area contributed by atoms with E-state index < -0.39 is 17.0 Å². The summed E-state index contributed by atoms with van der Waals surface area (Å²) in [5, 5.41) is 5.07. The molecule has 2 aromatic rings. The van der Waals surface area contributed by atoms with E-state index in [1.54, 1.807) is 5.41 Å². The van der Waals surface area contributed by atoms with Gasteiger partial charge in [-0.1, -0.05) is 12.1 Å². The Balaban J connectivity index is 1.65. The molecule has 0 spiro atoms. The molecule has 0 amide bonds. The normalized spacial score (nSPS) is 26.9. The zero-order chi connectivity index (χ0) is 16.7. The second-order valence-corrected chi connectivity index (χ2v) is 7.63. The number of piperidine rings is 1. The first-order chi connectivity index (χ1) is 11.6. The molecule has 6 heteroatoms. The smallest absolute Gasteiger partial charge is 0.133 e. The van der Waals surface area contributed by atoms with E-state index in [-0.39, 0.29) is 6.04 Å². The third kappa shape index (κ3) is 2.70. The van der Waals surface area contributed by atoms with Crippen molar-refractivity contribution in [2.24, 2.45) is 0 Å². The molecule has 0 aliphatic carbocycles. The standard InChI is InChI=1S/C18H20FN3OS/c1-21-10-7-15(14(19)11-21)20-16-6-4-5-13-17(12-24(23)18(13)16)22-8-2-3-9-22/h2-6,8-9,12,14-15,20H,7,10-11H2,1H3/t14-,15+,24?/m1/s1. The van der Waals surface area contributed by atoms with Crippen LogP contribution >= 0.6 is 0 Å². The Morgan fingerprint density at radius 2 is 2.04 bits per heavy atom. The molecule has 24 heavy (non-hydrogen) atoms. The van der Waals surface area contributed by atoms with E-state index in [4.69, 9.17) is 0 Å². The fourth-order valence-electron chi connectivity index (χ4n) is 3.41. The van der Waals surface area contributed by atoms with Crippen LogP contribution in [0.3, 0.4) is 0 Å². The van der Waals surface area contributed by atoms with E-state index in [1.807, 2.05) is 59.2 Å². The van der Waals surface area contributed by atoms with Crippen LogP contribution in [0.15, 0.2) is 53.0 Å². The van der Waals surface area contributed by atoms with Gasteiger partial charge in [-0.25, -0.2) is 8.60 Å². The van der Waals surface area contributed by atoms with Crippen molar-refractivity contribution in [1.82, 2.24) is 9.47 Å². The average molecular weight is 345 g/mol. The summed E-state index contributed by atoms with van der Waals surface area (Å²) in [4.78, 5) is 2.76. The Morgan fingerprint density at radius 1 is 1.25 bits per heavy atom. The summed E-state index contributed by atoms with van der Waals surface area (Å²) in [6, 6.07) is 9.45. The van der Waals surface area contributed by atoms with Gasteiger partial charge >= 0.3 is 0 Å². The van der Waals surface area contributed by atoms with Crippen LogP contribution in [-0.4, -0.2) is 46.0 Å². The van der Waals surface area contributed by atoms with Crippen molar-refractivity contribution in [3.8, 4) is 0 Å². The Labute approximate surface area is 143 Å². The third-order valence-corrected chi connectivity index (χ3v) is 5.96. The van der Waals surface area contributed by atoms with Gasteiger partial charge in [-0.2, -0.15) is 0 Å².